The average molecular weight is 318 g/mol. The summed E-state index contributed by atoms with van der Waals surface area (Å²) in [6.07, 6.45) is 1.26. The maximum Gasteiger partial charge on any atom is 0.0482 e. The Labute approximate surface area is 116 Å². The van der Waals surface area contributed by atoms with Crippen molar-refractivity contribution in [1.82, 2.24) is 4.90 Å². The van der Waals surface area contributed by atoms with E-state index in [-0.39, 0.29) is 6.04 Å². The van der Waals surface area contributed by atoms with Crippen LogP contribution in [-0.2, 0) is 0 Å². The molecule has 0 bridgehead atoms. The van der Waals surface area contributed by atoms with Crippen LogP contribution in [0.5, 0.6) is 0 Å². The molecule has 2 atom stereocenters. The van der Waals surface area contributed by atoms with Gasteiger partial charge in [0.25, 0.3) is 0 Å². The van der Waals surface area contributed by atoms with Crippen molar-refractivity contribution in [3.8, 4) is 0 Å². The molecular formula is C13H18BrClN2. The number of halogens is 2. The van der Waals surface area contributed by atoms with Gasteiger partial charge in [0, 0.05) is 28.6 Å². The Morgan fingerprint density at radius 2 is 2.35 bits per heavy atom. The Morgan fingerprint density at radius 1 is 1.59 bits per heavy atom. The summed E-state index contributed by atoms with van der Waals surface area (Å²) in [7, 11) is 0. The van der Waals surface area contributed by atoms with Crippen molar-refractivity contribution in [1.29, 1.82) is 0 Å². The van der Waals surface area contributed by atoms with E-state index in [0.29, 0.717) is 6.54 Å². The summed E-state index contributed by atoms with van der Waals surface area (Å²) in [6.45, 7) is 5.18. The first-order valence-corrected chi connectivity index (χ1v) is 7.18. The highest BCUT2D eigenvalue weighted by Crippen LogP contribution is 2.32. The van der Waals surface area contributed by atoms with E-state index in [9.17, 15) is 0 Å². The maximum atomic E-state index is 6.07. The Balaban J connectivity index is 2.25. The lowest BCUT2D eigenvalue weighted by Crippen LogP contribution is -2.32. The van der Waals surface area contributed by atoms with E-state index in [2.05, 4.69) is 27.8 Å². The van der Waals surface area contributed by atoms with Crippen LogP contribution >= 0.6 is 27.5 Å². The summed E-state index contributed by atoms with van der Waals surface area (Å²) in [5, 5.41) is 0.772. The molecule has 2 unspecified atom stereocenters. The molecule has 0 aromatic heterocycles. The van der Waals surface area contributed by atoms with E-state index in [0.717, 1.165) is 28.5 Å². The molecule has 4 heteroatoms. The summed E-state index contributed by atoms with van der Waals surface area (Å²) in [4.78, 5) is 2.46. The minimum absolute atomic E-state index is 0.271. The second kappa shape index (κ2) is 5.70. The SMILES string of the molecule is CC1CCN(C(CN)c2cc(Cl)ccc2Br)C1. The fourth-order valence-corrected chi connectivity index (χ4v) is 3.19. The molecule has 0 saturated carbocycles. The molecule has 0 radical (unpaired) electrons. The Morgan fingerprint density at radius 3 is 2.94 bits per heavy atom. The molecule has 1 saturated heterocycles. The van der Waals surface area contributed by atoms with Crippen LogP contribution < -0.4 is 5.73 Å². The van der Waals surface area contributed by atoms with Crippen LogP contribution in [0.3, 0.4) is 0 Å². The molecule has 2 N–H and O–H groups in total. The first-order valence-electron chi connectivity index (χ1n) is 6.01. The van der Waals surface area contributed by atoms with Crippen LogP contribution in [0.2, 0.25) is 5.02 Å². The second-order valence-corrected chi connectivity index (χ2v) is 6.10. The number of nitrogens with zero attached hydrogens (tertiary/aromatic N) is 1. The number of hydrogen-bond donors (Lipinski definition) is 1. The van der Waals surface area contributed by atoms with Gasteiger partial charge in [0.2, 0.25) is 0 Å². The summed E-state index contributed by atoms with van der Waals surface area (Å²) in [5.74, 6) is 0.766. The predicted octanol–water partition coefficient (Wildman–Crippen LogP) is 3.44. The van der Waals surface area contributed by atoms with Gasteiger partial charge < -0.3 is 5.73 Å². The van der Waals surface area contributed by atoms with Gasteiger partial charge in [-0.2, -0.15) is 0 Å². The monoisotopic (exact) mass is 316 g/mol. The predicted molar refractivity (Wildman–Crippen MR) is 76.3 cm³/mol. The van der Waals surface area contributed by atoms with E-state index < -0.39 is 0 Å². The Kier molecular flexibility index (Phi) is 4.47. The molecule has 1 aromatic carbocycles. The van der Waals surface area contributed by atoms with Gasteiger partial charge in [-0.15, -0.1) is 0 Å². The topological polar surface area (TPSA) is 29.3 Å². The Hall–Kier alpha value is -0.0900. The van der Waals surface area contributed by atoms with Crippen molar-refractivity contribution in [2.75, 3.05) is 19.6 Å². The highest BCUT2D eigenvalue weighted by molar-refractivity contribution is 9.10. The first-order chi connectivity index (χ1) is 8.11. The third kappa shape index (κ3) is 3.02. The summed E-state index contributed by atoms with van der Waals surface area (Å²) in [6, 6.07) is 6.19. The van der Waals surface area contributed by atoms with Gasteiger partial charge >= 0.3 is 0 Å². The molecule has 1 aliphatic heterocycles. The lowest BCUT2D eigenvalue weighted by atomic mass is 10.1. The van der Waals surface area contributed by atoms with Crippen LogP contribution in [0.15, 0.2) is 22.7 Å². The lowest BCUT2D eigenvalue weighted by Gasteiger charge is -2.28. The van der Waals surface area contributed by atoms with Crippen LogP contribution in [0.4, 0.5) is 0 Å². The van der Waals surface area contributed by atoms with Gasteiger partial charge in [-0.3, -0.25) is 4.90 Å². The molecule has 17 heavy (non-hydrogen) atoms. The van der Waals surface area contributed by atoms with Crippen molar-refractivity contribution in [2.24, 2.45) is 11.7 Å². The minimum Gasteiger partial charge on any atom is -0.329 e. The highest BCUT2D eigenvalue weighted by Gasteiger charge is 2.27. The molecule has 0 aliphatic carbocycles. The molecule has 2 nitrogen and oxygen atoms in total. The molecule has 0 amide bonds. The number of likely N-dealkylation sites (tertiary alicyclic amines) is 1. The smallest absolute Gasteiger partial charge is 0.0482 e. The summed E-state index contributed by atoms with van der Waals surface area (Å²) in [5.41, 5.74) is 7.15. The molecule has 1 aliphatic rings. The molecule has 94 valence electrons. The second-order valence-electron chi connectivity index (χ2n) is 4.81. The number of rotatable bonds is 3. The molecular weight excluding hydrogens is 300 g/mol. The largest absolute Gasteiger partial charge is 0.329 e. The summed E-state index contributed by atoms with van der Waals surface area (Å²) < 4.78 is 1.09. The minimum atomic E-state index is 0.271. The quantitative estimate of drug-likeness (QED) is 0.925. The molecule has 1 heterocycles. The van der Waals surface area contributed by atoms with Crippen molar-refractivity contribution in [3.63, 3.8) is 0 Å². The molecule has 1 aromatic rings. The van der Waals surface area contributed by atoms with Gasteiger partial charge in [0.1, 0.15) is 0 Å². The zero-order chi connectivity index (χ0) is 12.4. The maximum absolute atomic E-state index is 6.07. The van der Waals surface area contributed by atoms with E-state index in [1.807, 2.05) is 18.2 Å². The third-order valence-electron chi connectivity index (χ3n) is 3.44. The van der Waals surface area contributed by atoms with Gasteiger partial charge in [-0.25, -0.2) is 0 Å². The third-order valence-corrected chi connectivity index (χ3v) is 4.39. The van der Waals surface area contributed by atoms with Crippen molar-refractivity contribution in [2.45, 2.75) is 19.4 Å². The number of benzene rings is 1. The fraction of sp³-hybridized carbons (Fsp3) is 0.538. The van der Waals surface area contributed by atoms with Crippen molar-refractivity contribution >= 4 is 27.5 Å². The zero-order valence-corrected chi connectivity index (χ0v) is 12.3. The molecule has 2 rings (SSSR count). The van der Waals surface area contributed by atoms with Gasteiger partial charge in [0.05, 0.1) is 0 Å². The van der Waals surface area contributed by atoms with Crippen LogP contribution in [0, 0.1) is 5.92 Å². The standard InChI is InChI=1S/C13H18BrClN2/c1-9-4-5-17(8-9)13(7-16)11-6-10(15)2-3-12(11)14/h2-3,6,9,13H,4-5,7-8,16H2,1H3. The van der Waals surface area contributed by atoms with Crippen LogP contribution in [-0.4, -0.2) is 24.5 Å². The average Bonchev–Trinajstić information content (AvgIpc) is 2.71. The lowest BCUT2D eigenvalue weighted by molar-refractivity contribution is 0.243. The molecule has 0 spiro atoms. The number of nitrogens with two attached hydrogens (primary N) is 1. The van der Waals surface area contributed by atoms with E-state index in [4.69, 9.17) is 17.3 Å². The van der Waals surface area contributed by atoms with Gasteiger partial charge in [-0.1, -0.05) is 34.5 Å². The van der Waals surface area contributed by atoms with E-state index in [1.165, 1.54) is 12.0 Å². The molecule has 1 fully saturated rings. The highest BCUT2D eigenvalue weighted by atomic mass is 79.9. The summed E-state index contributed by atoms with van der Waals surface area (Å²) >= 11 is 9.67. The van der Waals surface area contributed by atoms with Gasteiger partial charge in [0.15, 0.2) is 0 Å². The fourth-order valence-electron chi connectivity index (χ4n) is 2.49. The van der Waals surface area contributed by atoms with E-state index >= 15 is 0 Å². The number of hydrogen-bond acceptors (Lipinski definition) is 2. The van der Waals surface area contributed by atoms with Gasteiger partial charge in [-0.05, 0) is 42.6 Å². The Bertz CT molecular complexity index is 397. The first kappa shape index (κ1) is 13.3. The van der Waals surface area contributed by atoms with E-state index in [1.54, 1.807) is 0 Å². The van der Waals surface area contributed by atoms with Crippen LogP contribution in [0.1, 0.15) is 24.9 Å². The van der Waals surface area contributed by atoms with Crippen LogP contribution in [0.25, 0.3) is 0 Å². The normalized spacial score (nSPS) is 22.9. The van der Waals surface area contributed by atoms with Crippen molar-refractivity contribution < 1.29 is 0 Å². The zero-order valence-electron chi connectivity index (χ0n) is 10.00. The van der Waals surface area contributed by atoms with Crippen molar-refractivity contribution in [3.05, 3.63) is 33.3 Å².